The van der Waals surface area contributed by atoms with E-state index in [2.05, 4.69) is 47.6 Å². The number of ether oxygens (including phenoxy) is 5. The second-order valence-electron chi connectivity index (χ2n) is 18.2. The topological polar surface area (TPSA) is 114 Å². The predicted molar refractivity (Wildman–Crippen MR) is 186 cm³/mol. The Labute approximate surface area is 299 Å². The summed E-state index contributed by atoms with van der Waals surface area (Å²) < 4.78 is 29.9. The highest BCUT2D eigenvalue weighted by atomic mass is 16.7. The lowest BCUT2D eigenvalue weighted by Crippen LogP contribution is -2.69. The van der Waals surface area contributed by atoms with Gasteiger partial charge in [-0.05, 0) is 110 Å². The minimum absolute atomic E-state index is 0.0453. The first kappa shape index (κ1) is 37.3. The fraction of sp³-hybridized carbons (Fsp3) is 0.854. The van der Waals surface area contributed by atoms with Crippen molar-refractivity contribution in [2.75, 3.05) is 13.2 Å². The van der Waals surface area contributed by atoms with Gasteiger partial charge in [-0.2, -0.15) is 0 Å². The molecule has 0 N–H and O–H groups in total. The van der Waals surface area contributed by atoms with Crippen molar-refractivity contribution in [3.8, 4) is 0 Å². The van der Waals surface area contributed by atoms with Gasteiger partial charge in [0.25, 0.3) is 0 Å². The maximum Gasteiger partial charge on any atom is 0.315 e. The van der Waals surface area contributed by atoms with Crippen LogP contribution >= 0.6 is 0 Å². The first-order chi connectivity index (χ1) is 23.4. The summed E-state index contributed by atoms with van der Waals surface area (Å²) in [4.78, 5) is 51.7. The molecule has 9 nitrogen and oxygen atoms in total. The van der Waals surface area contributed by atoms with Gasteiger partial charge in [0.1, 0.15) is 18.8 Å². The molecule has 0 aromatic heterocycles. The van der Waals surface area contributed by atoms with E-state index in [0.717, 1.165) is 64.2 Å². The molecule has 0 spiro atoms. The number of hydrogen-bond donors (Lipinski definition) is 0. The van der Waals surface area contributed by atoms with Crippen LogP contribution in [0.25, 0.3) is 0 Å². The molecule has 4 saturated carbocycles. The molecule has 1 saturated heterocycles. The van der Waals surface area contributed by atoms with E-state index in [1.807, 2.05) is 0 Å². The van der Waals surface area contributed by atoms with Gasteiger partial charge in [0.15, 0.2) is 0 Å². The van der Waals surface area contributed by atoms with E-state index in [-0.39, 0.29) is 46.6 Å². The zero-order chi connectivity index (χ0) is 36.4. The summed E-state index contributed by atoms with van der Waals surface area (Å²) >= 11 is 0. The summed E-state index contributed by atoms with van der Waals surface area (Å²) in [6.45, 7) is 18.9. The number of carbonyl (C=O) groups excluding carboxylic acids is 4. The van der Waals surface area contributed by atoms with Crippen molar-refractivity contribution in [1.82, 2.24) is 0 Å². The van der Waals surface area contributed by atoms with Crippen LogP contribution in [-0.2, 0) is 42.9 Å². The van der Waals surface area contributed by atoms with Crippen LogP contribution in [0, 0.1) is 56.7 Å². The van der Waals surface area contributed by atoms with Gasteiger partial charge in [-0.25, -0.2) is 0 Å². The van der Waals surface area contributed by atoms with Crippen LogP contribution in [0.2, 0.25) is 0 Å². The Morgan fingerprint density at radius 2 is 1.54 bits per heavy atom. The highest BCUT2D eigenvalue weighted by molar-refractivity contribution is 5.79. The summed E-state index contributed by atoms with van der Waals surface area (Å²) in [5, 5.41) is 0. The Morgan fingerprint density at radius 1 is 0.820 bits per heavy atom. The normalized spacial score (nSPS) is 46.8. The van der Waals surface area contributed by atoms with Gasteiger partial charge in [-0.3, -0.25) is 19.2 Å². The van der Waals surface area contributed by atoms with Crippen molar-refractivity contribution in [2.24, 2.45) is 56.7 Å². The molecular weight excluding hydrogens is 636 g/mol. The molecule has 9 heteroatoms. The maximum atomic E-state index is 14.4. The highest BCUT2D eigenvalue weighted by Gasteiger charge is 2.72. The highest BCUT2D eigenvalue weighted by Crippen LogP contribution is 2.76. The minimum atomic E-state index is -0.767. The molecule has 5 aliphatic carbocycles. The lowest BCUT2D eigenvalue weighted by atomic mass is 9.33. The summed E-state index contributed by atoms with van der Waals surface area (Å²) in [5.74, 6) is -0.116. The zero-order valence-corrected chi connectivity index (χ0v) is 32.1. The average Bonchev–Trinajstić information content (AvgIpc) is 3.04. The van der Waals surface area contributed by atoms with E-state index in [4.69, 9.17) is 23.7 Å². The quantitative estimate of drug-likeness (QED) is 0.156. The third kappa shape index (κ3) is 5.74. The van der Waals surface area contributed by atoms with Gasteiger partial charge in [-0.15, -0.1) is 0 Å². The number of rotatable bonds is 6. The van der Waals surface area contributed by atoms with E-state index >= 15 is 0 Å². The van der Waals surface area contributed by atoms with Crippen molar-refractivity contribution in [3.05, 3.63) is 11.6 Å². The summed E-state index contributed by atoms with van der Waals surface area (Å²) in [6, 6.07) is 0. The third-order valence-electron chi connectivity index (χ3n) is 15.7. The molecule has 1 aliphatic heterocycles. The number of allylic oxidation sites excluding steroid dienone is 2. The lowest BCUT2D eigenvalue weighted by Gasteiger charge is -2.71. The van der Waals surface area contributed by atoms with Crippen molar-refractivity contribution in [2.45, 2.75) is 151 Å². The number of hydrogen-bond acceptors (Lipinski definition) is 9. The predicted octanol–water partition coefficient (Wildman–Crippen LogP) is 7.73. The van der Waals surface area contributed by atoms with Crippen LogP contribution < -0.4 is 0 Å². The van der Waals surface area contributed by atoms with Crippen LogP contribution in [0.3, 0.4) is 0 Å². The number of esters is 4. The van der Waals surface area contributed by atoms with Crippen molar-refractivity contribution in [1.29, 1.82) is 0 Å². The van der Waals surface area contributed by atoms with Crippen LogP contribution in [-0.4, -0.2) is 55.6 Å². The molecule has 6 rings (SSSR count). The summed E-state index contributed by atoms with van der Waals surface area (Å²) in [7, 11) is 0. The monoisotopic (exact) mass is 698 g/mol. The fourth-order valence-corrected chi connectivity index (χ4v) is 12.9. The van der Waals surface area contributed by atoms with E-state index in [0.29, 0.717) is 24.9 Å². The van der Waals surface area contributed by atoms with Crippen LogP contribution in [0.4, 0.5) is 0 Å². The maximum absolute atomic E-state index is 14.4. The molecule has 5 fully saturated rings. The molecule has 0 radical (unpaired) electrons. The van der Waals surface area contributed by atoms with Gasteiger partial charge in [0, 0.05) is 32.6 Å². The zero-order valence-electron chi connectivity index (χ0n) is 32.1. The molecule has 1 heterocycles. The number of carbonyl (C=O) groups is 4. The molecule has 0 aromatic rings. The SMILES string of the molecule is CC(=O)OC[C@@]1(C)C2CC[C@]3(C)C(CC=C4C5[C@@H](C)[C@H](C)CC[C@]5(C(=O)OC5CCCCO5)CC[C@]43C)[C@@]2(C)C[C@@H](OC(C)=O)[C@@H]1OC(C)=O. The Kier molecular flexibility index (Phi) is 9.87. The number of fused-ring (bicyclic) bond motifs is 7. The fourth-order valence-electron chi connectivity index (χ4n) is 12.9. The lowest BCUT2D eigenvalue weighted by molar-refractivity contribution is -0.256. The molecule has 13 atom stereocenters. The standard InChI is InChI=1S/C41H62O9/c1-24-15-18-41(36(45)50-33-12-10-11-21-46-33)20-19-39(8)29(34(41)25(24)2)13-14-32-37(6)22-30(48-27(4)43)35(49-28(5)44)38(7,23-47-26(3)42)31(37)16-17-40(32,39)9/h13,24-25,30-35H,10-12,14-23H2,1-9H3/t24-,25+,30-,31?,32?,33?,34?,35+,37+,38+,39-,40-,41+/m1/s1. The Hall–Kier alpha value is -2.42. The molecular formula is C41H62O9. The van der Waals surface area contributed by atoms with Crippen molar-refractivity contribution in [3.63, 3.8) is 0 Å². The smallest absolute Gasteiger partial charge is 0.315 e. The Morgan fingerprint density at radius 3 is 2.18 bits per heavy atom. The molecule has 4 unspecified atom stereocenters. The molecule has 0 amide bonds. The van der Waals surface area contributed by atoms with E-state index in [9.17, 15) is 19.2 Å². The van der Waals surface area contributed by atoms with Gasteiger partial charge in [0.2, 0.25) is 6.29 Å². The van der Waals surface area contributed by atoms with Gasteiger partial charge < -0.3 is 23.7 Å². The van der Waals surface area contributed by atoms with E-state index < -0.39 is 47.2 Å². The Balaban J connectivity index is 1.41. The second kappa shape index (κ2) is 13.2. The van der Waals surface area contributed by atoms with Crippen molar-refractivity contribution >= 4 is 23.9 Å². The summed E-state index contributed by atoms with van der Waals surface area (Å²) in [6.07, 6.45) is 10.2. The third-order valence-corrected chi connectivity index (χ3v) is 15.7. The average molecular weight is 699 g/mol. The van der Waals surface area contributed by atoms with Crippen LogP contribution in [0.5, 0.6) is 0 Å². The Bertz CT molecular complexity index is 1400. The van der Waals surface area contributed by atoms with E-state index in [1.54, 1.807) is 0 Å². The minimum Gasteiger partial charge on any atom is -0.465 e. The largest absolute Gasteiger partial charge is 0.465 e. The first-order valence-electron chi connectivity index (χ1n) is 19.4. The van der Waals surface area contributed by atoms with Crippen LogP contribution in [0.15, 0.2) is 11.6 Å². The van der Waals surface area contributed by atoms with Gasteiger partial charge in [0.05, 0.1) is 12.0 Å². The summed E-state index contributed by atoms with van der Waals surface area (Å²) in [5.41, 5.74) is -0.452. The molecule has 0 aromatic carbocycles. The second-order valence-corrected chi connectivity index (χ2v) is 18.2. The van der Waals surface area contributed by atoms with E-state index in [1.165, 1.54) is 26.3 Å². The molecule has 50 heavy (non-hydrogen) atoms. The molecule has 0 bridgehead atoms. The van der Waals surface area contributed by atoms with Gasteiger partial charge in [-0.1, -0.05) is 53.2 Å². The molecule has 6 aliphatic rings. The first-order valence-corrected chi connectivity index (χ1v) is 19.4. The van der Waals surface area contributed by atoms with Crippen molar-refractivity contribution < 1.29 is 42.9 Å². The van der Waals surface area contributed by atoms with Gasteiger partial charge >= 0.3 is 23.9 Å². The van der Waals surface area contributed by atoms with Crippen LogP contribution in [0.1, 0.15) is 133 Å². The molecule has 280 valence electrons.